The Morgan fingerprint density at radius 2 is 2.04 bits per heavy atom. The van der Waals surface area contributed by atoms with Gasteiger partial charge in [0.25, 0.3) is 0 Å². The second-order valence-electron chi connectivity index (χ2n) is 6.58. The number of hydrogen-bond donors (Lipinski definition) is 2. The van der Waals surface area contributed by atoms with Crippen molar-refractivity contribution in [2.45, 2.75) is 26.8 Å². The third kappa shape index (κ3) is 5.84. The van der Waals surface area contributed by atoms with Gasteiger partial charge in [0.05, 0.1) is 19.1 Å². The van der Waals surface area contributed by atoms with E-state index in [0.717, 1.165) is 38.4 Å². The Hall–Kier alpha value is -1.59. The lowest BCUT2D eigenvalue weighted by molar-refractivity contribution is -0.130. The van der Waals surface area contributed by atoms with Crippen molar-refractivity contribution in [1.29, 1.82) is 0 Å². The van der Waals surface area contributed by atoms with Crippen LogP contribution in [0.15, 0.2) is 24.3 Å². The van der Waals surface area contributed by atoms with Gasteiger partial charge in [-0.3, -0.25) is 9.69 Å². The number of aliphatic hydroxyl groups is 1. The molecule has 1 amide bonds. The smallest absolute Gasteiger partial charge is 0.225 e. The van der Waals surface area contributed by atoms with Crippen LogP contribution in [0.5, 0.6) is 5.75 Å². The first-order valence-electron chi connectivity index (χ1n) is 8.41. The summed E-state index contributed by atoms with van der Waals surface area (Å²) >= 11 is 0. The number of benzene rings is 1. The summed E-state index contributed by atoms with van der Waals surface area (Å²) < 4.78 is 5.72. The number of hydrogen-bond acceptors (Lipinski definition) is 4. The highest BCUT2D eigenvalue weighted by atomic mass is 16.5. The zero-order valence-electron chi connectivity index (χ0n) is 14.1. The monoisotopic (exact) mass is 320 g/mol. The van der Waals surface area contributed by atoms with Gasteiger partial charge < -0.3 is 15.2 Å². The third-order valence-electron chi connectivity index (χ3n) is 4.03. The summed E-state index contributed by atoms with van der Waals surface area (Å²) in [5.74, 6) is 1.67. The van der Waals surface area contributed by atoms with Gasteiger partial charge in [-0.2, -0.15) is 0 Å². The van der Waals surface area contributed by atoms with E-state index in [-0.39, 0.29) is 18.4 Å². The number of nitrogens with zero attached hydrogens (tertiary/aromatic N) is 1. The largest absolute Gasteiger partial charge is 0.494 e. The number of likely N-dealkylation sites (tertiary alicyclic amines) is 1. The molecule has 1 aliphatic heterocycles. The summed E-state index contributed by atoms with van der Waals surface area (Å²) in [6.07, 6.45) is 1.06. The van der Waals surface area contributed by atoms with Crippen molar-refractivity contribution in [3.05, 3.63) is 29.8 Å². The van der Waals surface area contributed by atoms with Crippen molar-refractivity contribution in [1.82, 2.24) is 10.2 Å². The van der Waals surface area contributed by atoms with Crippen LogP contribution in [-0.2, 0) is 11.3 Å². The Bertz CT molecular complexity index is 482. The molecular weight excluding hydrogens is 292 g/mol. The van der Waals surface area contributed by atoms with Gasteiger partial charge in [-0.25, -0.2) is 0 Å². The lowest BCUT2D eigenvalue weighted by Gasteiger charge is -2.38. The Kier molecular flexibility index (Phi) is 6.86. The van der Waals surface area contributed by atoms with E-state index >= 15 is 0 Å². The van der Waals surface area contributed by atoms with Crippen LogP contribution in [0.2, 0.25) is 0 Å². The van der Waals surface area contributed by atoms with E-state index in [1.807, 2.05) is 12.1 Å². The predicted octanol–water partition coefficient (Wildman–Crippen LogP) is 1.65. The molecule has 0 aromatic heterocycles. The molecular formula is C18H28N2O3. The molecule has 0 atom stereocenters. The molecule has 5 heteroatoms. The van der Waals surface area contributed by atoms with Crippen molar-refractivity contribution in [2.24, 2.45) is 11.8 Å². The van der Waals surface area contributed by atoms with Crippen LogP contribution in [0, 0.1) is 11.8 Å². The third-order valence-corrected chi connectivity index (χ3v) is 4.03. The maximum atomic E-state index is 11.7. The molecule has 1 fully saturated rings. The fourth-order valence-corrected chi connectivity index (χ4v) is 2.55. The van der Waals surface area contributed by atoms with Crippen LogP contribution in [0.3, 0.4) is 0 Å². The van der Waals surface area contributed by atoms with Gasteiger partial charge in [0.1, 0.15) is 5.75 Å². The SMILES string of the molecule is CC(C)CCOc1ccc(CN2CC(C(=O)NCCO)C2)cc1. The maximum Gasteiger partial charge on any atom is 0.225 e. The normalized spacial score (nSPS) is 15.5. The van der Waals surface area contributed by atoms with E-state index in [2.05, 4.69) is 36.2 Å². The minimum Gasteiger partial charge on any atom is -0.494 e. The average molecular weight is 320 g/mol. The van der Waals surface area contributed by atoms with Crippen molar-refractivity contribution < 1.29 is 14.6 Å². The van der Waals surface area contributed by atoms with Gasteiger partial charge in [0.2, 0.25) is 5.91 Å². The van der Waals surface area contributed by atoms with Crippen molar-refractivity contribution in [3.8, 4) is 5.75 Å². The molecule has 1 saturated heterocycles. The molecule has 1 aromatic carbocycles. The van der Waals surface area contributed by atoms with Crippen LogP contribution in [0.25, 0.3) is 0 Å². The number of amides is 1. The van der Waals surface area contributed by atoms with Crippen LogP contribution in [0.1, 0.15) is 25.8 Å². The zero-order chi connectivity index (χ0) is 16.7. The molecule has 0 unspecified atom stereocenters. The van der Waals surface area contributed by atoms with E-state index in [0.29, 0.717) is 12.5 Å². The van der Waals surface area contributed by atoms with Gasteiger partial charge in [-0.15, -0.1) is 0 Å². The Morgan fingerprint density at radius 3 is 2.65 bits per heavy atom. The lowest BCUT2D eigenvalue weighted by atomic mass is 9.98. The standard InChI is InChI=1S/C18H28N2O3/c1-14(2)7-10-23-17-5-3-15(4-6-17)11-20-12-16(13-20)18(22)19-8-9-21/h3-6,14,16,21H,7-13H2,1-2H3,(H,19,22). The number of rotatable bonds is 9. The average Bonchev–Trinajstić information content (AvgIpc) is 2.49. The van der Waals surface area contributed by atoms with Gasteiger partial charge in [-0.05, 0) is 30.0 Å². The summed E-state index contributed by atoms with van der Waals surface area (Å²) in [5.41, 5.74) is 1.23. The summed E-state index contributed by atoms with van der Waals surface area (Å²) in [4.78, 5) is 14.0. The minimum atomic E-state index is -0.00619. The molecule has 0 spiro atoms. The van der Waals surface area contributed by atoms with Crippen molar-refractivity contribution in [2.75, 3.05) is 32.8 Å². The van der Waals surface area contributed by atoms with E-state index in [9.17, 15) is 4.79 Å². The maximum absolute atomic E-state index is 11.7. The number of aliphatic hydroxyl groups excluding tert-OH is 1. The number of nitrogens with one attached hydrogen (secondary N) is 1. The Morgan fingerprint density at radius 1 is 1.35 bits per heavy atom. The Balaban J connectivity index is 1.68. The first kappa shape index (κ1) is 17.8. The first-order valence-corrected chi connectivity index (χ1v) is 8.41. The van der Waals surface area contributed by atoms with Crippen LogP contribution < -0.4 is 10.1 Å². The summed E-state index contributed by atoms with van der Waals surface area (Å²) in [6.45, 7) is 7.90. The van der Waals surface area contributed by atoms with E-state index in [1.165, 1.54) is 5.56 Å². The lowest BCUT2D eigenvalue weighted by Crippen LogP contribution is -2.53. The highest BCUT2D eigenvalue weighted by molar-refractivity contribution is 5.79. The molecule has 0 saturated carbocycles. The second kappa shape index (κ2) is 8.89. The highest BCUT2D eigenvalue weighted by Crippen LogP contribution is 2.20. The molecule has 128 valence electrons. The van der Waals surface area contributed by atoms with Gasteiger partial charge in [-0.1, -0.05) is 26.0 Å². The first-order chi connectivity index (χ1) is 11.1. The topological polar surface area (TPSA) is 61.8 Å². The molecule has 1 aliphatic rings. The molecule has 2 rings (SSSR count). The number of ether oxygens (including phenoxy) is 1. The summed E-state index contributed by atoms with van der Waals surface area (Å²) in [6, 6.07) is 8.20. The van der Waals surface area contributed by atoms with E-state index in [1.54, 1.807) is 0 Å². The van der Waals surface area contributed by atoms with Gasteiger partial charge in [0, 0.05) is 26.2 Å². The fraction of sp³-hybridized carbons (Fsp3) is 0.611. The van der Waals surface area contributed by atoms with E-state index in [4.69, 9.17) is 9.84 Å². The number of carbonyl (C=O) groups is 1. The second-order valence-corrected chi connectivity index (χ2v) is 6.58. The van der Waals surface area contributed by atoms with Crippen molar-refractivity contribution in [3.63, 3.8) is 0 Å². The molecule has 0 radical (unpaired) electrons. The van der Waals surface area contributed by atoms with E-state index < -0.39 is 0 Å². The molecule has 1 heterocycles. The van der Waals surface area contributed by atoms with Crippen LogP contribution in [-0.4, -0.2) is 48.8 Å². The van der Waals surface area contributed by atoms with Crippen LogP contribution >= 0.6 is 0 Å². The minimum absolute atomic E-state index is 0.00619. The summed E-state index contributed by atoms with van der Waals surface area (Å²) in [7, 11) is 0. The van der Waals surface area contributed by atoms with Gasteiger partial charge in [0.15, 0.2) is 0 Å². The van der Waals surface area contributed by atoms with Crippen LogP contribution in [0.4, 0.5) is 0 Å². The molecule has 5 nitrogen and oxygen atoms in total. The highest BCUT2D eigenvalue weighted by Gasteiger charge is 2.32. The van der Waals surface area contributed by atoms with Crippen molar-refractivity contribution >= 4 is 5.91 Å². The quantitative estimate of drug-likeness (QED) is 0.726. The molecule has 0 aliphatic carbocycles. The van der Waals surface area contributed by atoms with Gasteiger partial charge >= 0.3 is 0 Å². The molecule has 0 bridgehead atoms. The number of carbonyl (C=O) groups excluding carboxylic acids is 1. The zero-order valence-corrected chi connectivity index (χ0v) is 14.1. The Labute approximate surface area is 138 Å². The molecule has 2 N–H and O–H groups in total. The summed E-state index contributed by atoms with van der Waals surface area (Å²) in [5, 5.41) is 11.4. The predicted molar refractivity (Wildman–Crippen MR) is 90.3 cm³/mol. The molecule has 23 heavy (non-hydrogen) atoms. The fourth-order valence-electron chi connectivity index (χ4n) is 2.55. The molecule has 1 aromatic rings.